The van der Waals surface area contributed by atoms with E-state index < -0.39 is 22.1 Å². The first-order chi connectivity index (χ1) is 13.0. The zero-order valence-corrected chi connectivity index (χ0v) is 14.9. The number of nitrogens with zero attached hydrogens (tertiary/aromatic N) is 2. The molecular formula is C18H20N2O7. The van der Waals surface area contributed by atoms with Gasteiger partial charge in [-0.2, -0.15) is 0 Å². The van der Waals surface area contributed by atoms with Gasteiger partial charge in [-0.1, -0.05) is 0 Å². The molecule has 0 aliphatic heterocycles. The summed E-state index contributed by atoms with van der Waals surface area (Å²) in [4.78, 5) is 20.7. The predicted octanol–water partition coefficient (Wildman–Crippen LogP) is 3.59. The monoisotopic (exact) mass is 376 g/mol. The summed E-state index contributed by atoms with van der Waals surface area (Å²) in [7, 11) is 3.05. The highest BCUT2D eigenvalue weighted by molar-refractivity contribution is 5.35. The van der Waals surface area contributed by atoms with Gasteiger partial charge in [0.1, 0.15) is 12.2 Å². The van der Waals surface area contributed by atoms with E-state index in [1.807, 2.05) is 0 Å². The second-order valence-corrected chi connectivity index (χ2v) is 5.72. The summed E-state index contributed by atoms with van der Waals surface area (Å²) in [6.45, 7) is 0.454. The maximum atomic E-state index is 10.8. The van der Waals surface area contributed by atoms with E-state index >= 15 is 0 Å². The molecule has 0 fully saturated rings. The molecule has 0 heterocycles. The molecule has 2 atom stereocenters. The van der Waals surface area contributed by atoms with Crippen molar-refractivity contribution >= 4 is 11.4 Å². The van der Waals surface area contributed by atoms with Crippen LogP contribution in [-0.2, 0) is 14.2 Å². The largest absolute Gasteiger partial charge is 0.382 e. The van der Waals surface area contributed by atoms with Crippen molar-refractivity contribution in [2.75, 3.05) is 27.4 Å². The number of methoxy groups -OCH3 is 2. The first kappa shape index (κ1) is 20.4. The summed E-state index contributed by atoms with van der Waals surface area (Å²) in [6.07, 6.45) is -0.989. The number of nitro groups is 2. The van der Waals surface area contributed by atoms with Gasteiger partial charge in [-0.05, 0) is 35.4 Å². The summed E-state index contributed by atoms with van der Waals surface area (Å²) in [5.41, 5.74) is 1.40. The van der Waals surface area contributed by atoms with Crippen LogP contribution in [-0.4, -0.2) is 37.3 Å². The number of hydrogen-bond donors (Lipinski definition) is 0. The zero-order valence-electron chi connectivity index (χ0n) is 14.9. The molecule has 9 heteroatoms. The van der Waals surface area contributed by atoms with Crippen molar-refractivity contribution in [2.24, 2.45) is 0 Å². The average Bonchev–Trinajstić information content (AvgIpc) is 2.67. The Morgan fingerprint density at radius 2 is 1.07 bits per heavy atom. The second-order valence-electron chi connectivity index (χ2n) is 5.72. The quantitative estimate of drug-likeness (QED) is 0.460. The zero-order chi connectivity index (χ0) is 19.8. The molecule has 0 saturated heterocycles. The average molecular weight is 376 g/mol. The Morgan fingerprint density at radius 1 is 0.741 bits per heavy atom. The molecule has 0 saturated carbocycles. The van der Waals surface area contributed by atoms with Crippen LogP contribution in [0.4, 0.5) is 11.4 Å². The standard InChI is InChI=1S/C18H20N2O7/c1-25-11-17(13-3-7-15(8-4-13)19(21)22)27-18(12-26-2)14-5-9-16(10-6-14)20(23)24/h3-10,17-18H,11-12H2,1-2H3/t17-,18+. The van der Waals surface area contributed by atoms with Crippen LogP contribution in [0, 0.1) is 20.2 Å². The lowest BCUT2D eigenvalue weighted by Crippen LogP contribution is -2.18. The lowest BCUT2D eigenvalue weighted by Gasteiger charge is -2.25. The number of hydrogen-bond acceptors (Lipinski definition) is 7. The fourth-order valence-corrected chi connectivity index (χ4v) is 2.55. The molecule has 0 aliphatic rings. The van der Waals surface area contributed by atoms with Crippen molar-refractivity contribution < 1.29 is 24.1 Å². The summed E-state index contributed by atoms with van der Waals surface area (Å²) >= 11 is 0. The van der Waals surface area contributed by atoms with Crippen LogP contribution in [0.5, 0.6) is 0 Å². The van der Waals surface area contributed by atoms with Gasteiger partial charge in [0.2, 0.25) is 0 Å². The first-order valence-corrected chi connectivity index (χ1v) is 8.08. The molecule has 0 unspecified atom stereocenters. The van der Waals surface area contributed by atoms with Gasteiger partial charge in [-0.15, -0.1) is 0 Å². The van der Waals surface area contributed by atoms with E-state index in [0.29, 0.717) is 11.1 Å². The molecule has 0 N–H and O–H groups in total. The van der Waals surface area contributed by atoms with Gasteiger partial charge in [0.05, 0.1) is 23.1 Å². The highest BCUT2D eigenvalue weighted by atomic mass is 16.6. The highest BCUT2D eigenvalue weighted by Crippen LogP contribution is 2.29. The summed E-state index contributed by atoms with van der Waals surface area (Å²) < 4.78 is 16.5. The van der Waals surface area contributed by atoms with E-state index in [-0.39, 0.29) is 24.6 Å². The molecule has 0 radical (unpaired) electrons. The smallest absolute Gasteiger partial charge is 0.269 e. The number of rotatable bonds is 10. The Kier molecular flexibility index (Phi) is 7.35. The maximum absolute atomic E-state index is 10.8. The third-order valence-corrected chi connectivity index (χ3v) is 3.92. The molecule has 2 aromatic carbocycles. The molecule has 0 spiro atoms. The van der Waals surface area contributed by atoms with Crippen LogP contribution in [0.25, 0.3) is 0 Å². The van der Waals surface area contributed by atoms with Crippen molar-refractivity contribution in [1.82, 2.24) is 0 Å². The molecular weight excluding hydrogens is 356 g/mol. The topological polar surface area (TPSA) is 114 Å². The summed E-state index contributed by atoms with van der Waals surface area (Å²) in [5.74, 6) is 0. The molecule has 0 amide bonds. The van der Waals surface area contributed by atoms with Crippen molar-refractivity contribution in [2.45, 2.75) is 12.2 Å². The molecule has 2 aromatic rings. The third kappa shape index (κ3) is 5.55. The number of ether oxygens (including phenoxy) is 3. The van der Waals surface area contributed by atoms with Crippen LogP contribution in [0.2, 0.25) is 0 Å². The minimum atomic E-state index is -0.494. The molecule has 0 bridgehead atoms. The SMILES string of the molecule is COC[C@H](O[C@H](COC)c1ccc([N+](=O)[O-])cc1)c1ccc([N+](=O)[O-])cc1. The lowest BCUT2D eigenvalue weighted by atomic mass is 10.1. The van der Waals surface area contributed by atoms with E-state index in [4.69, 9.17) is 14.2 Å². The Hall–Kier alpha value is -2.88. The molecule has 9 nitrogen and oxygen atoms in total. The first-order valence-electron chi connectivity index (χ1n) is 8.08. The van der Waals surface area contributed by atoms with Gasteiger partial charge in [0.15, 0.2) is 0 Å². The Balaban J connectivity index is 2.23. The van der Waals surface area contributed by atoms with Gasteiger partial charge in [-0.3, -0.25) is 20.2 Å². The highest BCUT2D eigenvalue weighted by Gasteiger charge is 2.21. The van der Waals surface area contributed by atoms with Crippen molar-refractivity contribution in [3.8, 4) is 0 Å². The summed E-state index contributed by atoms with van der Waals surface area (Å²) in [5, 5.41) is 21.6. The van der Waals surface area contributed by atoms with Gasteiger partial charge < -0.3 is 14.2 Å². The maximum Gasteiger partial charge on any atom is 0.269 e. The van der Waals surface area contributed by atoms with Gasteiger partial charge in [0, 0.05) is 38.5 Å². The van der Waals surface area contributed by atoms with E-state index in [1.54, 1.807) is 24.3 Å². The lowest BCUT2D eigenvalue weighted by molar-refractivity contribution is -0.385. The van der Waals surface area contributed by atoms with Gasteiger partial charge >= 0.3 is 0 Å². The van der Waals surface area contributed by atoms with Crippen molar-refractivity contribution in [3.05, 3.63) is 79.9 Å². The Bertz CT molecular complexity index is 697. The second kappa shape index (κ2) is 9.72. The number of non-ortho nitro benzene ring substituents is 2. The van der Waals surface area contributed by atoms with E-state index in [1.165, 1.54) is 38.5 Å². The third-order valence-electron chi connectivity index (χ3n) is 3.92. The van der Waals surface area contributed by atoms with Crippen molar-refractivity contribution in [1.29, 1.82) is 0 Å². The molecule has 0 aromatic heterocycles. The predicted molar refractivity (Wildman–Crippen MR) is 96.5 cm³/mol. The van der Waals surface area contributed by atoms with Crippen molar-refractivity contribution in [3.63, 3.8) is 0 Å². The minimum absolute atomic E-state index is 0.0151. The minimum Gasteiger partial charge on any atom is -0.382 e. The van der Waals surface area contributed by atoms with Crippen LogP contribution in [0.1, 0.15) is 23.3 Å². The molecule has 2 rings (SSSR count). The number of nitro benzene ring substituents is 2. The van der Waals surface area contributed by atoms with Gasteiger partial charge in [0.25, 0.3) is 11.4 Å². The molecule has 27 heavy (non-hydrogen) atoms. The Labute approximate surface area is 155 Å². The van der Waals surface area contributed by atoms with Crippen LogP contribution in [0.3, 0.4) is 0 Å². The van der Waals surface area contributed by atoms with Gasteiger partial charge in [-0.25, -0.2) is 0 Å². The Morgan fingerprint density at radius 3 is 1.33 bits per heavy atom. The van der Waals surface area contributed by atoms with E-state index in [0.717, 1.165) is 0 Å². The van der Waals surface area contributed by atoms with E-state index in [2.05, 4.69) is 0 Å². The molecule has 0 aliphatic carbocycles. The van der Waals surface area contributed by atoms with Crippen LogP contribution in [0.15, 0.2) is 48.5 Å². The fraction of sp³-hybridized carbons (Fsp3) is 0.333. The summed E-state index contributed by atoms with van der Waals surface area (Å²) in [6, 6.07) is 12.1. The fourth-order valence-electron chi connectivity index (χ4n) is 2.55. The van der Waals surface area contributed by atoms with Crippen LogP contribution >= 0.6 is 0 Å². The van der Waals surface area contributed by atoms with Crippen LogP contribution < -0.4 is 0 Å². The normalized spacial score (nSPS) is 13.1. The number of benzene rings is 2. The molecule has 144 valence electrons. The van der Waals surface area contributed by atoms with E-state index in [9.17, 15) is 20.2 Å².